The first-order chi connectivity index (χ1) is 19.9. The van der Waals surface area contributed by atoms with Gasteiger partial charge in [0.05, 0.1) is 23.5 Å². The maximum absolute atomic E-state index is 13.5. The van der Waals surface area contributed by atoms with Crippen LogP contribution in [0.5, 0.6) is 5.75 Å². The van der Waals surface area contributed by atoms with E-state index in [1.807, 2.05) is 72.8 Å². The second-order valence-electron chi connectivity index (χ2n) is 10.1. The van der Waals surface area contributed by atoms with Gasteiger partial charge in [0.15, 0.2) is 0 Å². The number of nitrogens with two attached hydrogens (primary N) is 2. The van der Waals surface area contributed by atoms with Gasteiger partial charge in [0.2, 0.25) is 0 Å². The largest absolute Gasteiger partial charge is 0.491 e. The van der Waals surface area contributed by atoms with Crippen LogP contribution < -0.4 is 21.5 Å². The van der Waals surface area contributed by atoms with Gasteiger partial charge in [0, 0.05) is 54.7 Å². The van der Waals surface area contributed by atoms with Gasteiger partial charge in [0.25, 0.3) is 5.91 Å². The lowest BCUT2D eigenvalue weighted by atomic mass is 10.0. The second-order valence-corrected chi connectivity index (χ2v) is 10.1. The third-order valence-corrected chi connectivity index (χ3v) is 7.33. The van der Waals surface area contributed by atoms with Gasteiger partial charge in [-0.05, 0) is 47.9 Å². The molecular formula is C32H33N5O4. The molecule has 210 valence electrons. The van der Waals surface area contributed by atoms with E-state index < -0.39 is 5.97 Å². The van der Waals surface area contributed by atoms with Gasteiger partial charge in [-0.1, -0.05) is 42.5 Å². The van der Waals surface area contributed by atoms with Crippen molar-refractivity contribution >= 4 is 23.3 Å². The third kappa shape index (κ3) is 6.09. The van der Waals surface area contributed by atoms with E-state index in [0.717, 1.165) is 28.6 Å². The van der Waals surface area contributed by atoms with Crippen LogP contribution in [0.3, 0.4) is 0 Å². The number of rotatable bonds is 8. The number of aliphatic imine (C=N–C) groups is 1. The first kappa shape index (κ1) is 27.5. The lowest BCUT2D eigenvalue weighted by Gasteiger charge is -2.20. The molecule has 0 bridgehead atoms. The molecule has 9 heteroatoms. The van der Waals surface area contributed by atoms with Crippen LogP contribution >= 0.6 is 0 Å². The summed E-state index contributed by atoms with van der Waals surface area (Å²) in [5, 5.41) is 12.7. The number of nitrogens with zero attached hydrogens (tertiary/aromatic N) is 2. The van der Waals surface area contributed by atoms with Crippen LogP contribution in [0.1, 0.15) is 22.3 Å². The molecular weight excluding hydrogens is 518 g/mol. The topological polar surface area (TPSA) is 143 Å². The molecule has 0 aromatic heterocycles. The lowest BCUT2D eigenvalue weighted by Crippen LogP contribution is -2.32. The van der Waals surface area contributed by atoms with Crippen molar-refractivity contribution in [3.63, 3.8) is 0 Å². The molecule has 1 saturated carbocycles. The molecule has 9 nitrogen and oxygen atoms in total. The number of carboxylic acid groups (broad SMARTS) is 1. The molecule has 1 heterocycles. The second kappa shape index (κ2) is 12.0. The first-order valence-corrected chi connectivity index (χ1v) is 13.5. The summed E-state index contributed by atoms with van der Waals surface area (Å²) in [4.78, 5) is 32.0. The number of hydrogen-bond acceptors (Lipinski definition) is 7. The Bertz CT molecular complexity index is 1560. The summed E-state index contributed by atoms with van der Waals surface area (Å²) < 4.78 is 5.83. The molecule has 0 spiro atoms. The third-order valence-electron chi connectivity index (χ3n) is 7.33. The summed E-state index contributed by atoms with van der Waals surface area (Å²) in [6, 6.07) is 22.7. The highest BCUT2D eigenvalue weighted by atomic mass is 16.5. The predicted molar refractivity (Wildman–Crippen MR) is 158 cm³/mol. The summed E-state index contributed by atoms with van der Waals surface area (Å²) in [6.07, 6.45) is 3.48. The normalized spacial score (nSPS) is 19.0. The minimum atomic E-state index is -1.14. The maximum atomic E-state index is 13.5. The molecule has 5 rings (SSSR count). The Morgan fingerprint density at radius 3 is 2.56 bits per heavy atom. The maximum Gasteiger partial charge on any atom is 0.339 e. The molecule has 0 radical (unpaired) electrons. The van der Waals surface area contributed by atoms with Crippen molar-refractivity contribution in [1.29, 1.82) is 0 Å². The quantitative estimate of drug-likeness (QED) is 0.244. The Morgan fingerprint density at radius 1 is 1.05 bits per heavy atom. The van der Waals surface area contributed by atoms with Gasteiger partial charge >= 0.3 is 5.97 Å². The van der Waals surface area contributed by atoms with Crippen LogP contribution in [-0.4, -0.2) is 47.8 Å². The fourth-order valence-electron chi connectivity index (χ4n) is 5.16. The molecule has 1 fully saturated rings. The highest BCUT2D eigenvalue weighted by Gasteiger charge is 2.45. The predicted octanol–water partition coefficient (Wildman–Crippen LogP) is 4.04. The molecule has 0 saturated heterocycles. The number of fused-ring (bicyclic) bond motifs is 1. The van der Waals surface area contributed by atoms with E-state index in [0.29, 0.717) is 48.8 Å². The van der Waals surface area contributed by atoms with E-state index in [1.54, 1.807) is 18.1 Å². The summed E-state index contributed by atoms with van der Waals surface area (Å²) in [6.45, 7) is 1.39. The first-order valence-electron chi connectivity index (χ1n) is 13.5. The van der Waals surface area contributed by atoms with Crippen LogP contribution in [-0.2, 0) is 11.3 Å². The van der Waals surface area contributed by atoms with Crippen molar-refractivity contribution in [2.75, 3.05) is 20.2 Å². The van der Waals surface area contributed by atoms with Crippen LogP contribution in [0, 0.1) is 11.8 Å². The van der Waals surface area contributed by atoms with E-state index in [1.165, 1.54) is 0 Å². The number of benzene rings is 3. The molecule has 3 aromatic rings. The van der Waals surface area contributed by atoms with E-state index in [4.69, 9.17) is 21.2 Å². The van der Waals surface area contributed by atoms with E-state index in [9.17, 15) is 14.7 Å². The Morgan fingerprint density at radius 2 is 1.80 bits per heavy atom. The van der Waals surface area contributed by atoms with Crippen LogP contribution in [0.25, 0.3) is 11.1 Å². The summed E-state index contributed by atoms with van der Waals surface area (Å²) in [5.41, 5.74) is 16.7. The van der Waals surface area contributed by atoms with E-state index >= 15 is 0 Å². The average Bonchev–Trinajstić information content (AvgIpc) is 3.80. The van der Waals surface area contributed by atoms with Crippen molar-refractivity contribution < 1.29 is 19.4 Å². The number of amides is 1. The molecule has 1 aliphatic heterocycles. The number of aliphatic carboxylic acids is 1. The minimum Gasteiger partial charge on any atom is -0.491 e. The summed E-state index contributed by atoms with van der Waals surface area (Å²) >= 11 is 0. The zero-order valence-electron chi connectivity index (χ0n) is 22.8. The van der Waals surface area contributed by atoms with Gasteiger partial charge in [-0.3, -0.25) is 9.79 Å². The zero-order valence-corrected chi connectivity index (χ0v) is 22.8. The lowest BCUT2D eigenvalue weighted by molar-refractivity contribution is -0.132. The summed E-state index contributed by atoms with van der Waals surface area (Å²) in [7, 11) is 1.76. The highest BCUT2D eigenvalue weighted by Crippen LogP contribution is 2.45. The van der Waals surface area contributed by atoms with Crippen LogP contribution in [0.2, 0.25) is 0 Å². The Labute approximate surface area is 238 Å². The highest BCUT2D eigenvalue weighted by molar-refractivity contribution is 6.21. The molecule has 2 aliphatic rings. The fraction of sp³-hybridized carbons (Fsp3) is 0.219. The number of ether oxygens (including phenoxy) is 1. The Balaban J connectivity index is 1.42. The molecule has 2 atom stereocenters. The number of nitrogens with one attached hydrogen (secondary N) is 1. The van der Waals surface area contributed by atoms with Crippen LogP contribution in [0.4, 0.5) is 5.69 Å². The average molecular weight is 552 g/mol. The van der Waals surface area contributed by atoms with Crippen molar-refractivity contribution in [3.05, 3.63) is 108 Å². The van der Waals surface area contributed by atoms with Gasteiger partial charge in [-0.25, -0.2) is 4.79 Å². The van der Waals surface area contributed by atoms with Crippen molar-refractivity contribution in [1.82, 2.24) is 10.2 Å². The Kier molecular flexibility index (Phi) is 8.05. The molecule has 1 unspecified atom stereocenters. The molecule has 1 aliphatic carbocycles. The fourth-order valence-corrected chi connectivity index (χ4v) is 5.16. The van der Waals surface area contributed by atoms with Gasteiger partial charge < -0.3 is 31.5 Å². The van der Waals surface area contributed by atoms with E-state index in [-0.39, 0.29) is 23.3 Å². The number of para-hydroxylation sites is 1. The molecule has 3 aromatic carbocycles. The number of carboxylic acids is 1. The number of hydrogen-bond donors (Lipinski definition) is 4. The van der Waals surface area contributed by atoms with Gasteiger partial charge in [-0.15, -0.1) is 0 Å². The molecule has 41 heavy (non-hydrogen) atoms. The zero-order chi connectivity index (χ0) is 28.9. The van der Waals surface area contributed by atoms with Gasteiger partial charge in [-0.2, -0.15) is 0 Å². The standard InChI is InChI=1S/C32H33N5O4/c1-35-18-28(34)25-16-26(25)30(27(17-33)32(39)40)36-24-10-5-8-21(15-24)20-7-4-9-22(14-20)31(38)37-12-13-41-29-11-3-2-6-23(29)19-37/h2-11,14-15,17-18,25-26,35H,12-13,16,19,33-34H2,1H3,(H,39,40)/b27-17?,28-18-,36-30?/t25?,26-/m1/s1. The SMILES string of the molecule is CN/C=C(\N)C1C[C@H]1C(=Nc1cccc(-c2cccc(C(=O)N3CCOc4ccccc4C3)c2)c1)C(=CN)C(=O)O. The van der Waals surface area contributed by atoms with E-state index in [2.05, 4.69) is 5.32 Å². The van der Waals surface area contributed by atoms with Crippen molar-refractivity contribution in [2.45, 2.75) is 13.0 Å². The van der Waals surface area contributed by atoms with Crippen molar-refractivity contribution in [2.24, 2.45) is 28.3 Å². The number of carbonyl (C=O) groups excluding carboxylic acids is 1. The number of carbonyl (C=O) groups is 2. The monoisotopic (exact) mass is 551 g/mol. The minimum absolute atomic E-state index is 0.0160. The summed E-state index contributed by atoms with van der Waals surface area (Å²) in [5.74, 6) is -0.579. The molecule has 1 amide bonds. The number of allylic oxidation sites excluding steroid dienone is 1. The van der Waals surface area contributed by atoms with Crippen molar-refractivity contribution in [3.8, 4) is 16.9 Å². The van der Waals surface area contributed by atoms with Crippen LogP contribution in [0.15, 0.2) is 101 Å². The smallest absolute Gasteiger partial charge is 0.339 e. The molecule has 6 N–H and O–H groups in total. The Hall–Kier alpha value is -5.05. The van der Waals surface area contributed by atoms with Gasteiger partial charge in [0.1, 0.15) is 12.4 Å².